The average Bonchev–Trinajstić information content (AvgIpc) is 2.40. The molecule has 2 heterocycles. The Labute approximate surface area is 125 Å². The predicted octanol–water partition coefficient (Wildman–Crippen LogP) is 0.950. The SMILES string of the molecule is CCCc1cc(=O)[nH]c(Sc2ncc(N)cc2C(N)=O)n1. The van der Waals surface area contributed by atoms with E-state index in [1.807, 2.05) is 6.92 Å². The standard InChI is InChI=1S/C13H15N5O2S/c1-2-3-8-5-10(19)18-13(17-8)21-12-9(11(15)20)4-7(14)6-16-12/h4-6H,2-3,14H2,1H3,(H2,15,20)(H,17,18,19). The van der Waals surface area contributed by atoms with Crippen LogP contribution in [0.4, 0.5) is 5.69 Å². The number of hydrogen-bond acceptors (Lipinski definition) is 6. The van der Waals surface area contributed by atoms with Gasteiger partial charge >= 0.3 is 0 Å². The van der Waals surface area contributed by atoms with Crippen LogP contribution in [-0.2, 0) is 6.42 Å². The van der Waals surface area contributed by atoms with Crippen LogP contribution in [0.3, 0.4) is 0 Å². The minimum atomic E-state index is -0.635. The first-order chi connectivity index (χ1) is 9.99. The molecule has 0 aliphatic heterocycles. The Morgan fingerprint density at radius 1 is 1.43 bits per heavy atom. The van der Waals surface area contributed by atoms with Gasteiger partial charge in [-0.25, -0.2) is 9.97 Å². The largest absolute Gasteiger partial charge is 0.397 e. The third kappa shape index (κ3) is 3.82. The highest BCUT2D eigenvalue weighted by molar-refractivity contribution is 7.99. The lowest BCUT2D eigenvalue weighted by molar-refractivity contribution is 0.0997. The Balaban J connectivity index is 2.38. The smallest absolute Gasteiger partial charge is 0.251 e. The van der Waals surface area contributed by atoms with Crippen molar-refractivity contribution in [2.45, 2.75) is 29.9 Å². The number of rotatable bonds is 5. The van der Waals surface area contributed by atoms with Crippen molar-refractivity contribution in [3.8, 4) is 0 Å². The number of aryl methyl sites for hydroxylation is 1. The van der Waals surface area contributed by atoms with Gasteiger partial charge in [0.05, 0.1) is 17.4 Å². The summed E-state index contributed by atoms with van der Waals surface area (Å²) >= 11 is 1.07. The van der Waals surface area contributed by atoms with Gasteiger partial charge in [-0.3, -0.25) is 9.59 Å². The van der Waals surface area contributed by atoms with Gasteiger partial charge in [-0.2, -0.15) is 0 Å². The quantitative estimate of drug-likeness (QED) is 0.706. The van der Waals surface area contributed by atoms with E-state index in [1.165, 1.54) is 18.3 Å². The number of hydrogen-bond donors (Lipinski definition) is 3. The van der Waals surface area contributed by atoms with Crippen molar-refractivity contribution in [3.63, 3.8) is 0 Å². The molecule has 2 aromatic rings. The Hall–Kier alpha value is -2.35. The van der Waals surface area contributed by atoms with Gasteiger partial charge in [-0.1, -0.05) is 13.3 Å². The van der Waals surface area contributed by atoms with Crippen molar-refractivity contribution in [2.75, 3.05) is 5.73 Å². The number of primary amides is 1. The maximum absolute atomic E-state index is 11.6. The maximum atomic E-state index is 11.6. The molecule has 2 aromatic heterocycles. The molecule has 2 rings (SSSR count). The minimum Gasteiger partial charge on any atom is -0.397 e. The molecule has 0 fully saturated rings. The first-order valence-corrected chi connectivity index (χ1v) is 7.14. The fourth-order valence-corrected chi connectivity index (χ4v) is 2.61. The molecule has 7 nitrogen and oxygen atoms in total. The summed E-state index contributed by atoms with van der Waals surface area (Å²) in [5.74, 6) is -0.635. The van der Waals surface area contributed by atoms with E-state index in [9.17, 15) is 9.59 Å². The molecule has 8 heteroatoms. The van der Waals surface area contributed by atoms with Crippen LogP contribution < -0.4 is 17.0 Å². The first kappa shape index (κ1) is 15.0. The van der Waals surface area contributed by atoms with Gasteiger partial charge in [0.1, 0.15) is 5.03 Å². The number of carbonyl (C=O) groups is 1. The third-order valence-corrected chi connectivity index (χ3v) is 3.52. The van der Waals surface area contributed by atoms with Gasteiger partial charge in [0.2, 0.25) is 0 Å². The lowest BCUT2D eigenvalue weighted by atomic mass is 10.2. The van der Waals surface area contributed by atoms with Crippen LogP contribution in [0.1, 0.15) is 29.4 Å². The van der Waals surface area contributed by atoms with Crippen LogP contribution in [0, 0.1) is 0 Å². The zero-order valence-electron chi connectivity index (χ0n) is 11.4. The molecular weight excluding hydrogens is 290 g/mol. The van der Waals surface area contributed by atoms with E-state index >= 15 is 0 Å². The highest BCUT2D eigenvalue weighted by Crippen LogP contribution is 2.26. The second-order valence-corrected chi connectivity index (χ2v) is 5.36. The third-order valence-electron chi connectivity index (χ3n) is 2.61. The average molecular weight is 305 g/mol. The van der Waals surface area contributed by atoms with Gasteiger partial charge in [0, 0.05) is 11.8 Å². The number of pyridine rings is 1. The lowest BCUT2D eigenvalue weighted by Gasteiger charge is -2.06. The van der Waals surface area contributed by atoms with Crippen LogP contribution in [0.2, 0.25) is 0 Å². The number of nitrogen functional groups attached to an aromatic ring is 1. The summed E-state index contributed by atoms with van der Waals surface area (Å²) in [7, 11) is 0. The number of H-pyrrole nitrogens is 1. The van der Waals surface area contributed by atoms with Crippen LogP contribution in [-0.4, -0.2) is 20.9 Å². The highest BCUT2D eigenvalue weighted by atomic mass is 32.2. The Kier molecular flexibility index (Phi) is 4.59. The number of nitrogens with two attached hydrogens (primary N) is 2. The van der Waals surface area contributed by atoms with Crippen LogP contribution in [0.5, 0.6) is 0 Å². The summed E-state index contributed by atoms with van der Waals surface area (Å²) in [6, 6.07) is 2.91. The van der Waals surface area contributed by atoms with E-state index in [1.54, 1.807) is 0 Å². The predicted molar refractivity (Wildman–Crippen MR) is 80.1 cm³/mol. The Morgan fingerprint density at radius 3 is 2.86 bits per heavy atom. The summed E-state index contributed by atoms with van der Waals surface area (Å²) < 4.78 is 0. The van der Waals surface area contributed by atoms with E-state index in [4.69, 9.17) is 11.5 Å². The van der Waals surface area contributed by atoms with Crippen molar-refractivity contribution < 1.29 is 4.79 Å². The van der Waals surface area contributed by atoms with Crippen molar-refractivity contribution in [3.05, 3.63) is 39.9 Å². The molecule has 0 aliphatic rings. The zero-order valence-corrected chi connectivity index (χ0v) is 12.2. The molecule has 0 bridgehead atoms. The summed E-state index contributed by atoms with van der Waals surface area (Å²) in [5.41, 5.74) is 11.9. The summed E-state index contributed by atoms with van der Waals surface area (Å²) in [4.78, 5) is 34.0. The molecule has 0 spiro atoms. The second kappa shape index (κ2) is 6.40. The molecule has 0 radical (unpaired) electrons. The van der Waals surface area contributed by atoms with Gasteiger partial charge in [0.15, 0.2) is 5.16 Å². The maximum Gasteiger partial charge on any atom is 0.251 e. The summed E-state index contributed by atoms with van der Waals surface area (Å²) in [6.07, 6.45) is 3.01. The molecule has 0 atom stereocenters. The highest BCUT2D eigenvalue weighted by Gasteiger charge is 2.13. The van der Waals surface area contributed by atoms with Gasteiger partial charge in [-0.15, -0.1) is 0 Å². The normalized spacial score (nSPS) is 10.5. The molecule has 0 saturated heterocycles. The Bertz CT molecular complexity index is 729. The molecule has 0 saturated carbocycles. The number of nitrogens with one attached hydrogen (secondary N) is 1. The lowest BCUT2D eigenvalue weighted by Crippen LogP contribution is -2.14. The number of aromatic nitrogens is 3. The van der Waals surface area contributed by atoms with E-state index in [-0.39, 0.29) is 11.1 Å². The van der Waals surface area contributed by atoms with Gasteiger partial charge in [-0.05, 0) is 24.2 Å². The van der Waals surface area contributed by atoms with Crippen molar-refractivity contribution in [1.29, 1.82) is 0 Å². The fraction of sp³-hybridized carbons (Fsp3) is 0.231. The number of aromatic amines is 1. The molecule has 0 unspecified atom stereocenters. The number of carbonyl (C=O) groups excluding carboxylic acids is 1. The number of amides is 1. The number of anilines is 1. The topological polar surface area (TPSA) is 128 Å². The van der Waals surface area contributed by atoms with E-state index < -0.39 is 5.91 Å². The van der Waals surface area contributed by atoms with E-state index in [0.29, 0.717) is 28.0 Å². The molecule has 1 amide bonds. The number of nitrogens with zero attached hydrogens (tertiary/aromatic N) is 2. The van der Waals surface area contributed by atoms with E-state index in [2.05, 4.69) is 15.0 Å². The zero-order chi connectivity index (χ0) is 15.4. The first-order valence-electron chi connectivity index (χ1n) is 6.33. The minimum absolute atomic E-state index is 0.198. The monoisotopic (exact) mass is 305 g/mol. The molecule has 21 heavy (non-hydrogen) atoms. The molecule has 110 valence electrons. The van der Waals surface area contributed by atoms with Crippen LogP contribution in [0.25, 0.3) is 0 Å². The van der Waals surface area contributed by atoms with Crippen molar-refractivity contribution >= 4 is 23.4 Å². The second-order valence-electron chi connectivity index (χ2n) is 4.38. The van der Waals surface area contributed by atoms with E-state index in [0.717, 1.165) is 18.2 Å². The van der Waals surface area contributed by atoms with Gasteiger partial charge < -0.3 is 16.5 Å². The molecular formula is C13H15N5O2S. The van der Waals surface area contributed by atoms with Crippen LogP contribution >= 0.6 is 11.8 Å². The van der Waals surface area contributed by atoms with Crippen molar-refractivity contribution in [1.82, 2.24) is 15.0 Å². The van der Waals surface area contributed by atoms with Crippen molar-refractivity contribution in [2.24, 2.45) is 5.73 Å². The molecule has 0 aliphatic carbocycles. The summed E-state index contributed by atoms with van der Waals surface area (Å²) in [5, 5.41) is 0.721. The van der Waals surface area contributed by atoms with Gasteiger partial charge in [0.25, 0.3) is 11.5 Å². The molecule has 0 aromatic carbocycles. The Morgan fingerprint density at radius 2 is 2.19 bits per heavy atom. The molecule has 5 N–H and O–H groups in total. The summed E-state index contributed by atoms with van der Waals surface area (Å²) in [6.45, 7) is 2.00. The fourth-order valence-electron chi connectivity index (χ4n) is 1.73. The van der Waals surface area contributed by atoms with Crippen LogP contribution in [0.15, 0.2) is 33.3 Å².